The van der Waals surface area contributed by atoms with E-state index in [-0.39, 0.29) is 117 Å². The molecule has 0 atom stereocenters. The van der Waals surface area contributed by atoms with Gasteiger partial charge in [0.05, 0.1) is 50.4 Å². The van der Waals surface area contributed by atoms with Gasteiger partial charge in [0.25, 0.3) is 0 Å². The fraction of sp³-hybridized carbons (Fsp3) is 0.400. The van der Waals surface area contributed by atoms with Crippen LogP contribution in [0.2, 0.25) is 0 Å². The molecule has 5 rings (SSSR count). The van der Waals surface area contributed by atoms with E-state index in [1.165, 1.54) is 0 Å². The van der Waals surface area contributed by atoms with Crippen LogP contribution in [0, 0.1) is 20.9 Å². The summed E-state index contributed by atoms with van der Waals surface area (Å²) < 4.78 is 57.3. The van der Waals surface area contributed by atoms with Crippen LogP contribution in [0.25, 0.3) is 21.5 Å². The van der Waals surface area contributed by atoms with Crippen LogP contribution in [0.4, 0.5) is 19.2 Å². The minimum absolute atomic E-state index is 0.0315. The van der Waals surface area contributed by atoms with Crippen LogP contribution in [0.5, 0.6) is 34.5 Å². The predicted molar refractivity (Wildman–Crippen MR) is 195 cm³/mol. The van der Waals surface area contributed by atoms with Crippen molar-refractivity contribution in [3.8, 4) is 34.5 Å². The molecule has 0 aromatic heterocycles. The van der Waals surface area contributed by atoms with Crippen molar-refractivity contribution in [2.75, 3.05) is 39.6 Å². The van der Waals surface area contributed by atoms with Gasteiger partial charge in [-0.1, -0.05) is 52.0 Å². The van der Waals surface area contributed by atoms with Crippen LogP contribution >= 0.6 is 0 Å². The molecule has 0 saturated carbocycles. The van der Waals surface area contributed by atoms with E-state index in [0.29, 0.717) is 25.7 Å². The van der Waals surface area contributed by atoms with E-state index < -0.39 is 24.6 Å². The number of fused-ring (bicyclic) bond motifs is 4. The van der Waals surface area contributed by atoms with Crippen LogP contribution in [0.15, 0.2) is 36.4 Å². The van der Waals surface area contributed by atoms with Crippen LogP contribution in [0.1, 0.15) is 67.2 Å². The minimum atomic E-state index is -1.03. The zero-order valence-electron chi connectivity index (χ0n) is 31.3. The van der Waals surface area contributed by atoms with Gasteiger partial charge >= 0.3 is 24.6 Å². The van der Waals surface area contributed by atoms with Gasteiger partial charge in [-0.2, -0.15) is 0 Å². The molecule has 4 aromatic rings. The van der Waals surface area contributed by atoms with E-state index in [2.05, 4.69) is 0 Å². The molecule has 0 radical (unpaired) electrons. The molecule has 0 heterocycles. The SMILES string of the molecule is CCCOC(=O)Oc1c2c(c(OC(=O)OCCC)c3c(OCC)cccc13)=c1c(OC(=O)OCCC)c3c(OCC)cccc3c(OC(=O)OCCC)c1=2. The summed E-state index contributed by atoms with van der Waals surface area (Å²) in [6.07, 6.45) is -2.00. The van der Waals surface area contributed by atoms with Crippen molar-refractivity contribution in [3.05, 3.63) is 57.3 Å². The number of hydrogen-bond donors (Lipinski definition) is 0. The summed E-state index contributed by atoms with van der Waals surface area (Å²) >= 11 is 0. The van der Waals surface area contributed by atoms with Gasteiger partial charge in [0.2, 0.25) is 0 Å². The van der Waals surface area contributed by atoms with Crippen LogP contribution in [0.3, 0.4) is 0 Å². The van der Waals surface area contributed by atoms with E-state index in [1.54, 1.807) is 50.2 Å². The molecule has 0 aliphatic heterocycles. The maximum absolute atomic E-state index is 13.3. The highest BCUT2D eigenvalue weighted by Gasteiger charge is 2.33. The molecule has 14 heteroatoms. The lowest BCUT2D eigenvalue weighted by Crippen LogP contribution is -2.18. The average molecular weight is 749 g/mol. The average Bonchev–Trinajstić information content (AvgIpc) is 3.15. The third-order valence-electron chi connectivity index (χ3n) is 7.94. The summed E-state index contributed by atoms with van der Waals surface area (Å²) in [5.74, 6) is 0.359. The monoisotopic (exact) mass is 748 g/mol. The molecule has 0 N–H and O–H groups in total. The Morgan fingerprint density at radius 2 is 0.722 bits per heavy atom. The quantitative estimate of drug-likeness (QED) is 0.0533. The number of ether oxygens (including phenoxy) is 10. The molecule has 0 amide bonds. The number of benzene rings is 4. The number of carbonyl (C=O) groups excluding carboxylic acids is 4. The Morgan fingerprint density at radius 1 is 0.426 bits per heavy atom. The van der Waals surface area contributed by atoms with E-state index in [1.807, 2.05) is 27.7 Å². The van der Waals surface area contributed by atoms with Crippen molar-refractivity contribution in [3.63, 3.8) is 0 Å². The second-order valence-corrected chi connectivity index (χ2v) is 11.8. The van der Waals surface area contributed by atoms with Crippen molar-refractivity contribution < 1.29 is 66.5 Å². The lowest BCUT2D eigenvalue weighted by molar-refractivity contribution is 0.0959. The largest absolute Gasteiger partial charge is 0.513 e. The molecule has 1 aliphatic carbocycles. The fourth-order valence-corrected chi connectivity index (χ4v) is 5.93. The van der Waals surface area contributed by atoms with Gasteiger partial charge in [-0.25, -0.2) is 19.2 Å². The van der Waals surface area contributed by atoms with Gasteiger partial charge < -0.3 is 47.4 Å². The van der Waals surface area contributed by atoms with Crippen molar-refractivity contribution >= 4 is 46.2 Å². The van der Waals surface area contributed by atoms with Crippen molar-refractivity contribution in [1.29, 1.82) is 0 Å². The second kappa shape index (κ2) is 18.2. The molecule has 0 fully saturated rings. The fourth-order valence-electron chi connectivity index (χ4n) is 5.93. The number of hydrogen-bond acceptors (Lipinski definition) is 14. The highest BCUT2D eigenvalue weighted by molar-refractivity contribution is 6.04. The van der Waals surface area contributed by atoms with E-state index >= 15 is 0 Å². The summed E-state index contributed by atoms with van der Waals surface area (Å²) in [4.78, 5) is 53.1. The van der Waals surface area contributed by atoms with E-state index in [0.717, 1.165) is 0 Å². The smallest absolute Gasteiger partial charge is 0.493 e. The van der Waals surface area contributed by atoms with Gasteiger partial charge in [-0.05, 0) is 51.7 Å². The topological polar surface area (TPSA) is 161 Å². The predicted octanol–water partition coefficient (Wildman–Crippen LogP) is 9.38. The standard InChI is InChI=1S/C40H44O14/c1-7-19-47-37(41)51-33-23-15-13-17-25(45-11-5)27(23)35(53-39(43)49-21-9-3)31-29(33)30-32(31)36(54-40(44)50-22-10-4)28-24(16-14-18-26(28)46-12-6)34(30)52-38(42)48-20-8-2/h13-18H,7-12,19-22H2,1-6H3. The maximum Gasteiger partial charge on any atom is 0.513 e. The van der Waals surface area contributed by atoms with Crippen LogP contribution in [-0.2, 0) is 18.9 Å². The number of carbonyl (C=O) groups is 4. The zero-order valence-corrected chi connectivity index (χ0v) is 31.3. The Labute approximate surface area is 311 Å². The second-order valence-electron chi connectivity index (χ2n) is 11.8. The summed E-state index contributed by atoms with van der Waals surface area (Å²) in [6, 6.07) is 9.96. The van der Waals surface area contributed by atoms with E-state index in [9.17, 15) is 19.2 Å². The molecular formula is C40H44O14. The molecule has 54 heavy (non-hydrogen) atoms. The number of rotatable bonds is 16. The molecule has 0 bridgehead atoms. The Morgan fingerprint density at radius 3 is 1.02 bits per heavy atom. The highest BCUT2D eigenvalue weighted by atomic mass is 16.7. The van der Waals surface area contributed by atoms with Gasteiger partial charge in [0, 0.05) is 31.6 Å². The van der Waals surface area contributed by atoms with Crippen molar-refractivity contribution in [1.82, 2.24) is 0 Å². The Bertz CT molecular complexity index is 2090. The third kappa shape index (κ3) is 8.02. The normalized spacial score (nSPS) is 11.1. The first-order valence-corrected chi connectivity index (χ1v) is 18.1. The van der Waals surface area contributed by atoms with Crippen molar-refractivity contribution in [2.24, 2.45) is 0 Å². The first kappa shape index (κ1) is 39.3. The van der Waals surface area contributed by atoms with Gasteiger partial charge in [0.1, 0.15) is 11.5 Å². The Balaban J connectivity index is 2.07. The van der Waals surface area contributed by atoms with Gasteiger partial charge in [-0.3, -0.25) is 0 Å². The van der Waals surface area contributed by atoms with Gasteiger partial charge in [0.15, 0.2) is 23.0 Å². The first-order valence-electron chi connectivity index (χ1n) is 18.1. The molecule has 0 unspecified atom stereocenters. The Kier molecular flexibility index (Phi) is 13.3. The van der Waals surface area contributed by atoms with Gasteiger partial charge in [-0.15, -0.1) is 0 Å². The summed E-state index contributed by atoms with van der Waals surface area (Å²) in [7, 11) is 0. The molecule has 4 aromatic carbocycles. The lowest BCUT2D eigenvalue weighted by Gasteiger charge is -2.23. The molecule has 0 spiro atoms. The first-order chi connectivity index (χ1) is 26.2. The van der Waals surface area contributed by atoms with Crippen molar-refractivity contribution in [2.45, 2.75) is 67.2 Å². The molecule has 1 aliphatic rings. The summed E-state index contributed by atoms with van der Waals surface area (Å²) in [5, 5.41) is 1.67. The van der Waals surface area contributed by atoms with Crippen LogP contribution < -0.4 is 28.4 Å². The summed E-state index contributed by atoms with van der Waals surface area (Å²) in [6.45, 7) is 11.6. The lowest BCUT2D eigenvalue weighted by atomic mass is 9.90. The minimum Gasteiger partial charge on any atom is -0.493 e. The van der Waals surface area contributed by atoms with Crippen LogP contribution in [-0.4, -0.2) is 64.3 Å². The molecule has 0 saturated heterocycles. The molecule has 14 nitrogen and oxygen atoms in total. The third-order valence-corrected chi connectivity index (χ3v) is 7.94. The van der Waals surface area contributed by atoms with E-state index in [4.69, 9.17) is 47.4 Å². The Hall–Kier alpha value is -5.92. The molecular weight excluding hydrogens is 704 g/mol. The highest BCUT2D eigenvalue weighted by Crippen LogP contribution is 2.50. The maximum atomic E-state index is 13.3. The molecule has 288 valence electrons. The zero-order chi connectivity index (χ0) is 38.8. The summed E-state index contributed by atoms with van der Waals surface area (Å²) in [5.41, 5.74) is 0.